The van der Waals surface area contributed by atoms with Crippen molar-refractivity contribution in [1.29, 1.82) is 0 Å². The minimum absolute atomic E-state index is 0.00528. The van der Waals surface area contributed by atoms with Crippen molar-refractivity contribution in [3.05, 3.63) is 70.6 Å². The summed E-state index contributed by atoms with van der Waals surface area (Å²) in [6, 6.07) is 18.6. The van der Waals surface area contributed by atoms with Crippen LogP contribution < -0.4 is 10.5 Å². The van der Waals surface area contributed by atoms with Gasteiger partial charge < -0.3 is 4.90 Å². The lowest BCUT2D eigenvalue weighted by Gasteiger charge is -2.36. The first kappa shape index (κ1) is 18.7. The van der Waals surface area contributed by atoms with Crippen LogP contribution in [0.5, 0.6) is 0 Å². The van der Waals surface area contributed by atoms with Gasteiger partial charge in [0.1, 0.15) is 0 Å². The molecule has 1 aliphatic rings. The minimum atomic E-state index is -0.00528. The van der Waals surface area contributed by atoms with Gasteiger partial charge in [0.2, 0.25) is 0 Å². The molecule has 1 saturated heterocycles. The Morgan fingerprint density at radius 2 is 1.61 bits per heavy atom. The highest BCUT2D eigenvalue weighted by atomic mass is 16.1. The van der Waals surface area contributed by atoms with Crippen molar-refractivity contribution in [1.82, 2.24) is 14.7 Å². The lowest BCUT2D eigenvalue weighted by atomic mass is 10.1. The Balaban J connectivity index is 1.26. The van der Waals surface area contributed by atoms with Crippen molar-refractivity contribution in [2.45, 2.75) is 26.3 Å². The first-order valence-corrected chi connectivity index (χ1v) is 10.2. The Morgan fingerprint density at radius 3 is 2.46 bits per heavy atom. The van der Waals surface area contributed by atoms with Crippen LogP contribution in [0.25, 0.3) is 10.8 Å². The number of fused-ring (bicyclic) bond motifs is 1. The summed E-state index contributed by atoms with van der Waals surface area (Å²) in [6.07, 6.45) is 2.08. The highest BCUT2D eigenvalue weighted by Crippen LogP contribution is 2.27. The molecule has 5 nitrogen and oxygen atoms in total. The van der Waals surface area contributed by atoms with Crippen LogP contribution in [0.2, 0.25) is 0 Å². The zero-order valence-corrected chi connectivity index (χ0v) is 16.6. The number of aryl methyl sites for hydroxylation is 2. The zero-order valence-electron chi connectivity index (χ0n) is 16.6. The maximum atomic E-state index is 11.8. The molecule has 0 N–H and O–H groups in total. The molecule has 2 heterocycles. The van der Waals surface area contributed by atoms with E-state index < -0.39 is 0 Å². The van der Waals surface area contributed by atoms with Crippen molar-refractivity contribution in [3.8, 4) is 0 Å². The smallest absolute Gasteiger partial charge is 0.266 e. The third-order valence-corrected chi connectivity index (χ3v) is 5.57. The summed E-state index contributed by atoms with van der Waals surface area (Å²) in [4.78, 5) is 16.9. The summed E-state index contributed by atoms with van der Waals surface area (Å²) in [5, 5.41) is 6.96. The number of hydrogen-bond donors (Lipinski definition) is 0. The minimum Gasteiger partial charge on any atom is -0.368 e. The predicted octanol–water partition coefficient (Wildman–Crippen LogP) is 3.31. The van der Waals surface area contributed by atoms with E-state index in [1.54, 1.807) is 16.8 Å². The molecule has 1 fully saturated rings. The molecule has 0 spiro atoms. The maximum absolute atomic E-state index is 11.8. The maximum Gasteiger partial charge on any atom is 0.266 e. The number of aromatic nitrogens is 2. The summed E-state index contributed by atoms with van der Waals surface area (Å²) in [7, 11) is 0. The molecule has 0 saturated carbocycles. The highest BCUT2D eigenvalue weighted by molar-refractivity contribution is 5.94. The van der Waals surface area contributed by atoms with Gasteiger partial charge in [-0.2, -0.15) is 5.10 Å². The number of anilines is 1. The van der Waals surface area contributed by atoms with Gasteiger partial charge in [-0.15, -0.1) is 0 Å². The van der Waals surface area contributed by atoms with Crippen LogP contribution in [-0.2, 0) is 6.54 Å². The molecular weight excluding hydrogens is 348 g/mol. The Labute approximate surface area is 166 Å². The molecule has 4 rings (SSSR count). The van der Waals surface area contributed by atoms with Gasteiger partial charge in [-0.05, 0) is 43.8 Å². The molecule has 1 aliphatic heterocycles. The number of unbranched alkanes of at least 4 members (excludes halogenated alkanes) is 1. The van der Waals surface area contributed by atoms with Gasteiger partial charge in [0, 0.05) is 49.9 Å². The average molecular weight is 377 g/mol. The van der Waals surface area contributed by atoms with Crippen LogP contribution >= 0.6 is 0 Å². The van der Waals surface area contributed by atoms with Gasteiger partial charge in [-0.3, -0.25) is 9.69 Å². The second-order valence-electron chi connectivity index (χ2n) is 7.57. The van der Waals surface area contributed by atoms with E-state index in [0.717, 1.165) is 51.3 Å². The summed E-state index contributed by atoms with van der Waals surface area (Å²) < 4.78 is 1.59. The summed E-state index contributed by atoms with van der Waals surface area (Å²) in [6.45, 7) is 8.02. The fraction of sp³-hybridized carbons (Fsp3) is 0.391. The molecule has 5 heteroatoms. The topological polar surface area (TPSA) is 41.4 Å². The van der Waals surface area contributed by atoms with Crippen LogP contribution in [0.4, 0.5) is 5.69 Å². The van der Waals surface area contributed by atoms with E-state index >= 15 is 0 Å². The highest BCUT2D eigenvalue weighted by Gasteiger charge is 2.18. The largest absolute Gasteiger partial charge is 0.368 e. The van der Waals surface area contributed by atoms with E-state index in [2.05, 4.69) is 57.4 Å². The van der Waals surface area contributed by atoms with Gasteiger partial charge >= 0.3 is 0 Å². The van der Waals surface area contributed by atoms with E-state index in [-0.39, 0.29) is 5.56 Å². The first-order valence-electron chi connectivity index (χ1n) is 10.2. The van der Waals surface area contributed by atoms with Gasteiger partial charge in [-0.1, -0.05) is 36.4 Å². The fourth-order valence-corrected chi connectivity index (χ4v) is 4.00. The van der Waals surface area contributed by atoms with E-state index in [0.29, 0.717) is 6.54 Å². The second-order valence-corrected chi connectivity index (χ2v) is 7.57. The second kappa shape index (κ2) is 8.57. The van der Waals surface area contributed by atoms with Gasteiger partial charge in [-0.25, -0.2) is 4.68 Å². The summed E-state index contributed by atoms with van der Waals surface area (Å²) in [5.74, 6) is 0. The predicted molar refractivity (Wildman–Crippen MR) is 115 cm³/mol. The van der Waals surface area contributed by atoms with E-state index in [1.165, 1.54) is 16.5 Å². The van der Waals surface area contributed by atoms with Gasteiger partial charge in [0.15, 0.2) is 0 Å². The van der Waals surface area contributed by atoms with E-state index in [4.69, 9.17) is 0 Å². The molecular formula is C23H28N4O. The van der Waals surface area contributed by atoms with Crippen molar-refractivity contribution in [3.63, 3.8) is 0 Å². The fourth-order valence-electron chi connectivity index (χ4n) is 4.00. The first-order chi connectivity index (χ1) is 13.7. The Bertz CT molecular complexity index is 984. The molecule has 0 radical (unpaired) electrons. The Hall–Kier alpha value is -2.66. The zero-order chi connectivity index (χ0) is 19.3. The number of nitrogens with zero attached hydrogens (tertiary/aromatic N) is 4. The van der Waals surface area contributed by atoms with Gasteiger partial charge in [0.25, 0.3) is 5.56 Å². The van der Waals surface area contributed by atoms with Crippen molar-refractivity contribution in [2.24, 2.45) is 0 Å². The number of benzene rings is 2. The van der Waals surface area contributed by atoms with Gasteiger partial charge in [0.05, 0.1) is 5.69 Å². The van der Waals surface area contributed by atoms with E-state index in [9.17, 15) is 4.79 Å². The third-order valence-electron chi connectivity index (χ3n) is 5.57. The summed E-state index contributed by atoms with van der Waals surface area (Å²) >= 11 is 0. The Morgan fingerprint density at radius 1 is 0.857 bits per heavy atom. The molecule has 0 bridgehead atoms. The van der Waals surface area contributed by atoms with Crippen molar-refractivity contribution >= 4 is 16.5 Å². The Kier molecular flexibility index (Phi) is 5.72. The molecule has 0 atom stereocenters. The van der Waals surface area contributed by atoms with Crippen molar-refractivity contribution in [2.75, 3.05) is 37.6 Å². The number of hydrogen-bond acceptors (Lipinski definition) is 4. The molecule has 0 aliphatic carbocycles. The third kappa shape index (κ3) is 4.25. The van der Waals surface area contributed by atoms with Crippen molar-refractivity contribution < 1.29 is 0 Å². The molecule has 2 aromatic carbocycles. The lowest BCUT2D eigenvalue weighted by Crippen LogP contribution is -2.46. The summed E-state index contributed by atoms with van der Waals surface area (Å²) in [5.41, 5.74) is 2.24. The molecule has 0 unspecified atom stereocenters. The van der Waals surface area contributed by atoms with Crippen LogP contribution in [0, 0.1) is 6.92 Å². The average Bonchev–Trinajstić information content (AvgIpc) is 2.73. The molecule has 146 valence electrons. The number of piperazine rings is 1. The molecule has 0 amide bonds. The lowest BCUT2D eigenvalue weighted by molar-refractivity contribution is 0.250. The monoisotopic (exact) mass is 376 g/mol. The quantitative estimate of drug-likeness (QED) is 0.619. The van der Waals surface area contributed by atoms with E-state index in [1.807, 2.05) is 6.92 Å². The van der Waals surface area contributed by atoms with Crippen LogP contribution in [0.3, 0.4) is 0 Å². The standard InChI is InChI=1S/C23H28N4O/c1-19-11-12-23(28)27(24-19)14-5-4-13-25-15-17-26(18-16-25)22-10-6-8-20-7-2-3-9-21(20)22/h2-3,6-12H,4-5,13-18H2,1H3. The molecule has 28 heavy (non-hydrogen) atoms. The van der Waals surface area contributed by atoms with Crippen LogP contribution in [0.15, 0.2) is 59.4 Å². The van der Waals surface area contributed by atoms with Crippen LogP contribution in [0.1, 0.15) is 18.5 Å². The SMILES string of the molecule is Cc1ccc(=O)n(CCCCN2CCN(c3cccc4ccccc34)CC2)n1. The number of rotatable bonds is 6. The molecule has 3 aromatic rings. The normalized spacial score (nSPS) is 15.2. The molecule has 1 aromatic heterocycles. The van der Waals surface area contributed by atoms with Crippen LogP contribution in [-0.4, -0.2) is 47.4 Å².